The summed E-state index contributed by atoms with van der Waals surface area (Å²) >= 11 is 0. The molecular formula is C29H28N2O5. The van der Waals surface area contributed by atoms with Crippen LogP contribution in [-0.2, 0) is 6.42 Å². The maximum atomic E-state index is 13.5. The van der Waals surface area contributed by atoms with Crippen molar-refractivity contribution in [2.24, 2.45) is 0 Å². The summed E-state index contributed by atoms with van der Waals surface area (Å²) < 4.78 is 10.8. The lowest BCUT2D eigenvalue weighted by molar-refractivity contribution is 0.0736. The summed E-state index contributed by atoms with van der Waals surface area (Å²) in [5.74, 6) is 0.517. The highest BCUT2D eigenvalue weighted by molar-refractivity contribution is 6.34. The molecule has 0 bridgehead atoms. The molecular weight excluding hydrogens is 456 g/mol. The van der Waals surface area contributed by atoms with Crippen molar-refractivity contribution >= 4 is 23.4 Å². The Balaban J connectivity index is 1.36. The van der Waals surface area contributed by atoms with E-state index in [9.17, 15) is 14.4 Å². The maximum absolute atomic E-state index is 13.5. The summed E-state index contributed by atoms with van der Waals surface area (Å²) in [7, 11) is 1.64. The summed E-state index contributed by atoms with van der Waals surface area (Å²) in [6.07, 6.45) is 2.57. The van der Waals surface area contributed by atoms with Gasteiger partial charge in [-0.2, -0.15) is 0 Å². The van der Waals surface area contributed by atoms with Crippen LogP contribution >= 0.6 is 0 Å². The van der Waals surface area contributed by atoms with Crippen molar-refractivity contribution in [3.05, 3.63) is 89.0 Å². The Morgan fingerprint density at radius 2 is 1.72 bits per heavy atom. The molecule has 5 rings (SSSR count). The van der Waals surface area contributed by atoms with Gasteiger partial charge in [-0.15, -0.1) is 0 Å². The van der Waals surface area contributed by atoms with Gasteiger partial charge in [-0.05, 0) is 86.3 Å². The third-order valence-corrected chi connectivity index (χ3v) is 6.78. The summed E-state index contributed by atoms with van der Waals surface area (Å²) in [4.78, 5) is 42.8. The smallest absolute Gasteiger partial charge is 0.266 e. The molecule has 0 radical (unpaired) electrons. The number of ether oxygens (including phenoxy) is 2. The van der Waals surface area contributed by atoms with Crippen LogP contribution in [0.25, 0.3) is 0 Å². The zero-order valence-corrected chi connectivity index (χ0v) is 20.4. The van der Waals surface area contributed by atoms with Crippen LogP contribution in [0.4, 0.5) is 5.69 Å². The molecule has 2 aliphatic heterocycles. The first-order valence-electron chi connectivity index (χ1n) is 12.2. The van der Waals surface area contributed by atoms with E-state index in [2.05, 4.69) is 0 Å². The van der Waals surface area contributed by atoms with E-state index in [1.54, 1.807) is 49.6 Å². The van der Waals surface area contributed by atoms with Gasteiger partial charge in [0.1, 0.15) is 11.5 Å². The second-order valence-corrected chi connectivity index (χ2v) is 8.98. The van der Waals surface area contributed by atoms with Gasteiger partial charge in [0, 0.05) is 18.2 Å². The van der Waals surface area contributed by atoms with E-state index in [4.69, 9.17) is 9.47 Å². The first kappa shape index (κ1) is 23.6. The van der Waals surface area contributed by atoms with Crippen molar-refractivity contribution in [2.75, 3.05) is 25.2 Å². The molecule has 2 heterocycles. The molecule has 1 unspecified atom stereocenters. The number of carbonyl (C=O) groups is 3. The van der Waals surface area contributed by atoms with Gasteiger partial charge in [0.15, 0.2) is 0 Å². The fourth-order valence-corrected chi connectivity index (χ4v) is 5.02. The van der Waals surface area contributed by atoms with Crippen LogP contribution in [0, 0.1) is 0 Å². The van der Waals surface area contributed by atoms with Gasteiger partial charge < -0.3 is 14.4 Å². The number of methoxy groups -OCH3 is 1. The van der Waals surface area contributed by atoms with Gasteiger partial charge in [0.25, 0.3) is 17.7 Å². The third kappa shape index (κ3) is 4.33. The van der Waals surface area contributed by atoms with E-state index in [-0.39, 0.29) is 17.5 Å². The van der Waals surface area contributed by atoms with Crippen LogP contribution in [-0.4, -0.2) is 48.9 Å². The zero-order chi connectivity index (χ0) is 25.2. The fraction of sp³-hybridized carbons (Fsp3) is 0.276. The Morgan fingerprint density at radius 1 is 0.944 bits per heavy atom. The van der Waals surface area contributed by atoms with Crippen LogP contribution in [0.3, 0.4) is 0 Å². The van der Waals surface area contributed by atoms with Crippen LogP contribution < -0.4 is 14.4 Å². The minimum absolute atomic E-state index is 0.0653. The summed E-state index contributed by atoms with van der Waals surface area (Å²) in [5, 5.41) is 0. The Kier molecular flexibility index (Phi) is 6.46. The highest BCUT2D eigenvalue weighted by Gasteiger charge is 2.38. The molecule has 184 valence electrons. The van der Waals surface area contributed by atoms with E-state index in [0.717, 1.165) is 35.5 Å². The lowest BCUT2D eigenvalue weighted by atomic mass is 10.0. The van der Waals surface area contributed by atoms with Crippen LogP contribution in [0.2, 0.25) is 0 Å². The first-order chi connectivity index (χ1) is 17.5. The van der Waals surface area contributed by atoms with Gasteiger partial charge in [-0.1, -0.05) is 12.1 Å². The highest BCUT2D eigenvalue weighted by atomic mass is 16.5. The zero-order valence-electron chi connectivity index (χ0n) is 20.4. The molecule has 0 N–H and O–H groups in total. The maximum Gasteiger partial charge on any atom is 0.266 e. The minimum atomic E-state index is -0.428. The van der Waals surface area contributed by atoms with Crippen molar-refractivity contribution in [1.29, 1.82) is 0 Å². The fourth-order valence-electron chi connectivity index (χ4n) is 5.02. The molecule has 3 aromatic carbocycles. The highest BCUT2D eigenvalue weighted by Crippen LogP contribution is 2.31. The van der Waals surface area contributed by atoms with Gasteiger partial charge in [-0.3, -0.25) is 14.4 Å². The number of hydrogen-bond acceptors (Lipinski definition) is 5. The Morgan fingerprint density at radius 3 is 2.47 bits per heavy atom. The van der Waals surface area contributed by atoms with E-state index in [0.29, 0.717) is 35.7 Å². The van der Waals surface area contributed by atoms with Crippen molar-refractivity contribution in [1.82, 2.24) is 4.90 Å². The first-order valence-corrected chi connectivity index (χ1v) is 12.2. The van der Waals surface area contributed by atoms with E-state index in [1.165, 1.54) is 0 Å². The topological polar surface area (TPSA) is 76.2 Å². The molecule has 0 aromatic heterocycles. The molecule has 3 aromatic rings. The summed E-state index contributed by atoms with van der Waals surface area (Å²) in [6.45, 7) is 3.08. The largest absolute Gasteiger partial charge is 0.497 e. The molecule has 7 heteroatoms. The molecule has 1 saturated heterocycles. The quantitative estimate of drug-likeness (QED) is 0.453. The van der Waals surface area contributed by atoms with Gasteiger partial charge >= 0.3 is 0 Å². The molecule has 1 fully saturated rings. The van der Waals surface area contributed by atoms with Gasteiger partial charge in [0.05, 0.1) is 30.5 Å². The number of nitrogens with zero attached hydrogens (tertiary/aromatic N) is 2. The molecule has 7 nitrogen and oxygen atoms in total. The van der Waals surface area contributed by atoms with E-state index >= 15 is 0 Å². The van der Waals surface area contributed by atoms with Crippen LogP contribution in [0.15, 0.2) is 66.7 Å². The molecule has 0 spiro atoms. The van der Waals surface area contributed by atoms with Gasteiger partial charge in [-0.25, -0.2) is 4.90 Å². The normalized spacial score (nSPS) is 16.9. The number of amides is 3. The number of benzene rings is 3. The molecule has 36 heavy (non-hydrogen) atoms. The lowest BCUT2D eigenvalue weighted by Crippen LogP contribution is -2.36. The molecule has 1 atom stereocenters. The van der Waals surface area contributed by atoms with Gasteiger partial charge in [0.2, 0.25) is 0 Å². The Hall–Kier alpha value is -4.13. The summed E-state index contributed by atoms with van der Waals surface area (Å²) in [5.41, 5.74) is 2.55. The second-order valence-electron chi connectivity index (χ2n) is 8.98. The number of fused-ring (bicyclic) bond motifs is 1. The third-order valence-electron chi connectivity index (χ3n) is 6.78. The average molecular weight is 485 g/mol. The molecule has 3 amide bonds. The van der Waals surface area contributed by atoms with Crippen molar-refractivity contribution in [3.8, 4) is 11.5 Å². The number of rotatable bonds is 7. The standard InChI is InChI=1S/C29H28N2O5/c1-3-36-23-12-10-21(11-13-23)31-28(33)25-14-9-20(18-26(25)29(31)34)27(32)30-15-5-7-22(30)16-19-6-4-8-24(17-19)35-2/h4,6,8-14,17-18,22H,3,5,7,15-16H2,1-2H3. The Bertz CT molecular complexity index is 1320. The minimum Gasteiger partial charge on any atom is -0.497 e. The second kappa shape index (κ2) is 9.85. The van der Waals surface area contributed by atoms with Crippen molar-refractivity contribution < 1.29 is 23.9 Å². The number of imide groups is 1. The number of carbonyl (C=O) groups excluding carboxylic acids is 3. The predicted molar refractivity (Wildman–Crippen MR) is 136 cm³/mol. The molecule has 2 aliphatic rings. The van der Waals surface area contributed by atoms with Crippen LogP contribution in [0.1, 0.15) is 56.4 Å². The SMILES string of the molecule is CCOc1ccc(N2C(=O)c3ccc(C(=O)N4CCCC4Cc4cccc(OC)c4)cc3C2=O)cc1. The summed E-state index contributed by atoms with van der Waals surface area (Å²) in [6, 6.07) is 19.6. The number of likely N-dealkylation sites (tertiary alicyclic amines) is 1. The van der Waals surface area contributed by atoms with E-state index < -0.39 is 11.8 Å². The average Bonchev–Trinajstić information content (AvgIpc) is 3.46. The van der Waals surface area contributed by atoms with E-state index in [1.807, 2.05) is 36.1 Å². The lowest BCUT2D eigenvalue weighted by Gasteiger charge is -2.25. The monoisotopic (exact) mass is 484 g/mol. The molecule has 0 aliphatic carbocycles. The van der Waals surface area contributed by atoms with Crippen molar-refractivity contribution in [3.63, 3.8) is 0 Å². The number of anilines is 1. The Labute approximate surface area is 210 Å². The van der Waals surface area contributed by atoms with Crippen molar-refractivity contribution in [2.45, 2.75) is 32.2 Å². The predicted octanol–water partition coefficient (Wildman–Crippen LogP) is 4.74. The van der Waals surface area contributed by atoms with Crippen LogP contribution in [0.5, 0.6) is 11.5 Å². The number of hydrogen-bond donors (Lipinski definition) is 0. The molecule has 0 saturated carbocycles.